The monoisotopic (exact) mass is 290 g/mol. The van der Waals surface area contributed by atoms with E-state index >= 15 is 0 Å². The zero-order chi connectivity index (χ0) is 15.1. The molecule has 1 heterocycles. The molecule has 0 bridgehead atoms. The smallest absolute Gasteiger partial charge is 0.237 e. The second-order valence-electron chi connectivity index (χ2n) is 5.69. The summed E-state index contributed by atoms with van der Waals surface area (Å²) in [4.78, 5) is 12.2. The second-order valence-corrected chi connectivity index (χ2v) is 5.69. The largest absolute Gasteiger partial charge is 0.497 e. The molecule has 1 fully saturated rings. The van der Waals surface area contributed by atoms with Crippen molar-refractivity contribution in [2.75, 3.05) is 20.2 Å². The topological polar surface area (TPSA) is 50.4 Å². The fourth-order valence-electron chi connectivity index (χ4n) is 2.81. The predicted molar refractivity (Wildman–Crippen MR) is 84.5 cm³/mol. The van der Waals surface area contributed by atoms with Gasteiger partial charge in [0.1, 0.15) is 5.75 Å². The van der Waals surface area contributed by atoms with Crippen LogP contribution in [-0.2, 0) is 11.2 Å². The van der Waals surface area contributed by atoms with Gasteiger partial charge in [-0.1, -0.05) is 25.5 Å². The summed E-state index contributed by atoms with van der Waals surface area (Å²) in [7, 11) is 1.66. The van der Waals surface area contributed by atoms with Gasteiger partial charge in [-0.25, -0.2) is 0 Å². The van der Waals surface area contributed by atoms with Gasteiger partial charge in [0.2, 0.25) is 5.91 Å². The maximum absolute atomic E-state index is 12.2. The van der Waals surface area contributed by atoms with Crippen molar-refractivity contribution in [3.8, 4) is 5.75 Å². The number of nitrogens with one attached hydrogen (secondary N) is 2. The second kappa shape index (κ2) is 8.03. The molecule has 0 radical (unpaired) electrons. The van der Waals surface area contributed by atoms with E-state index in [4.69, 9.17) is 4.74 Å². The van der Waals surface area contributed by atoms with Crippen LogP contribution in [0.3, 0.4) is 0 Å². The van der Waals surface area contributed by atoms with Crippen molar-refractivity contribution in [1.29, 1.82) is 0 Å². The van der Waals surface area contributed by atoms with Gasteiger partial charge < -0.3 is 15.4 Å². The molecular formula is C17H26N2O2. The van der Waals surface area contributed by atoms with Crippen LogP contribution in [-0.4, -0.2) is 32.1 Å². The number of amides is 1. The molecule has 116 valence electrons. The first kappa shape index (κ1) is 15.8. The highest BCUT2D eigenvalue weighted by atomic mass is 16.5. The van der Waals surface area contributed by atoms with E-state index in [0.717, 1.165) is 31.6 Å². The Labute approximate surface area is 127 Å². The number of methoxy groups -OCH3 is 1. The molecule has 0 aliphatic carbocycles. The molecule has 0 spiro atoms. The van der Waals surface area contributed by atoms with E-state index in [9.17, 15) is 4.79 Å². The first-order valence-corrected chi connectivity index (χ1v) is 7.87. The number of benzene rings is 1. The standard InChI is InChI=1S/C17H26N2O2/c1-3-13-8-10-18-16(12-13)17(20)19-11-9-14-4-6-15(21-2)7-5-14/h4-7,13,16,18H,3,8-12H2,1-2H3,(H,19,20). The zero-order valence-corrected chi connectivity index (χ0v) is 13.0. The van der Waals surface area contributed by atoms with Gasteiger partial charge in [-0.3, -0.25) is 4.79 Å². The third kappa shape index (κ3) is 4.74. The van der Waals surface area contributed by atoms with Crippen molar-refractivity contribution in [1.82, 2.24) is 10.6 Å². The third-order valence-electron chi connectivity index (χ3n) is 4.28. The van der Waals surface area contributed by atoms with Crippen LogP contribution in [0.25, 0.3) is 0 Å². The van der Waals surface area contributed by atoms with E-state index in [1.54, 1.807) is 7.11 Å². The van der Waals surface area contributed by atoms with Crippen LogP contribution in [0.15, 0.2) is 24.3 Å². The summed E-state index contributed by atoms with van der Waals surface area (Å²) in [6.07, 6.45) is 4.16. The van der Waals surface area contributed by atoms with Crippen LogP contribution in [0, 0.1) is 5.92 Å². The van der Waals surface area contributed by atoms with E-state index in [0.29, 0.717) is 12.5 Å². The molecule has 2 rings (SSSR count). The van der Waals surface area contributed by atoms with Crippen molar-refractivity contribution >= 4 is 5.91 Å². The minimum absolute atomic E-state index is 0.0143. The minimum atomic E-state index is -0.0143. The molecule has 2 atom stereocenters. The maximum atomic E-state index is 12.2. The van der Waals surface area contributed by atoms with Gasteiger partial charge in [0.15, 0.2) is 0 Å². The molecule has 2 N–H and O–H groups in total. The predicted octanol–water partition coefficient (Wildman–Crippen LogP) is 2.13. The Hall–Kier alpha value is -1.55. The van der Waals surface area contributed by atoms with Gasteiger partial charge in [-0.05, 0) is 49.4 Å². The quantitative estimate of drug-likeness (QED) is 0.844. The van der Waals surface area contributed by atoms with Gasteiger partial charge in [0, 0.05) is 6.54 Å². The molecule has 1 aliphatic heterocycles. The first-order chi connectivity index (χ1) is 10.2. The summed E-state index contributed by atoms with van der Waals surface area (Å²) in [5, 5.41) is 6.36. The molecule has 4 nitrogen and oxygen atoms in total. The van der Waals surface area contributed by atoms with Crippen molar-refractivity contribution < 1.29 is 9.53 Å². The van der Waals surface area contributed by atoms with Crippen molar-refractivity contribution in [3.05, 3.63) is 29.8 Å². The molecule has 0 saturated carbocycles. The third-order valence-corrected chi connectivity index (χ3v) is 4.28. The molecule has 2 unspecified atom stereocenters. The minimum Gasteiger partial charge on any atom is -0.497 e. The number of hydrogen-bond donors (Lipinski definition) is 2. The van der Waals surface area contributed by atoms with Crippen LogP contribution in [0.2, 0.25) is 0 Å². The lowest BCUT2D eigenvalue weighted by Crippen LogP contribution is -2.49. The fourth-order valence-corrected chi connectivity index (χ4v) is 2.81. The van der Waals surface area contributed by atoms with Crippen LogP contribution in [0.5, 0.6) is 5.75 Å². The van der Waals surface area contributed by atoms with Crippen molar-refractivity contribution in [2.24, 2.45) is 5.92 Å². The summed E-state index contributed by atoms with van der Waals surface area (Å²) in [6, 6.07) is 7.96. The Kier molecular flexibility index (Phi) is 6.05. The first-order valence-electron chi connectivity index (χ1n) is 7.87. The summed E-state index contributed by atoms with van der Waals surface area (Å²) in [5.74, 6) is 1.69. The molecule has 1 amide bonds. The highest BCUT2D eigenvalue weighted by Crippen LogP contribution is 2.19. The summed E-state index contributed by atoms with van der Waals surface area (Å²) in [6.45, 7) is 3.84. The van der Waals surface area contributed by atoms with E-state index in [-0.39, 0.29) is 11.9 Å². The number of ether oxygens (including phenoxy) is 1. The Morgan fingerprint density at radius 1 is 1.38 bits per heavy atom. The average molecular weight is 290 g/mol. The highest BCUT2D eigenvalue weighted by Gasteiger charge is 2.25. The average Bonchev–Trinajstić information content (AvgIpc) is 2.55. The highest BCUT2D eigenvalue weighted by molar-refractivity contribution is 5.81. The number of piperidine rings is 1. The van der Waals surface area contributed by atoms with Gasteiger partial charge in [-0.2, -0.15) is 0 Å². The lowest BCUT2D eigenvalue weighted by atomic mass is 9.90. The van der Waals surface area contributed by atoms with Gasteiger partial charge in [0.05, 0.1) is 13.2 Å². The summed E-state index contributed by atoms with van der Waals surface area (Å²) >= 11 is 0. The lowest BCUT2D eigenvalue weighted by molar-refractivity contribution is -0.124. The van der Waals surface area contributed by atoms with Crippen LogP contribution >= 0.6 is 0 Å². The maximum Gasteiger partial charge on any atom is 0.237 e. The molecule has 1 aromatic rings. The van der Waals surface area contributed by atoms with Crippen molar-refractivity contribution in [3.63, 3.8) is 0 Å². The van der Waals surface area contributed by atoms with E-state index in [1.165, 1.54) is 12.0 Å². The normalized spacial score (nSPS) is 21.8. The number of carbonyl (C=O) groups is 1. The van der Waals surface area contributed by atoms with Crippen molar-refractivity contribution in [2.45, 2.75) is 38.6 Å². The van der Waals surface area contributed by atoms with Gasteiger partial charge in [0.25, 0.3) is 0 Å². The molecule has 0 aromatic heterocycles. The lowest BCUT2D eigenvalue weighted by Gasteiger charge is -2.28. The Morgan fingerprint density at radius 3 is 2.81 bits per heavy atom. The van der Waals surface area contributed by atoms with Crippen LogP contribution in [0.4, 0.5) is 0 Å². The SMILES string of the molecule is CCC1CCNC(C(=O)NCCc2ccc(OC)cc2)C1. The van der Waals surface area contributed by atoms with E-state index < -0.39 is 0 Å². The molecule has 1 aromatic carbocycles. The number of hydrogen-bond acceptors (Lipinski definition) is 3. The number of rotatable bonds is 6. The zero-order valence-electron chi connectivity index (χ0n) is 13.0. The Bertz CT molecular complexity index is 445. The summed E-state index contributed by atoms with van der Waals surface area (Å²) < 4.78 is 5.13. The molecule has 1 aliphatic rings. The Morgan fingerprint density at radius 2 is 2.14 bits per heavy atom. The Balaban J connectivity index is 1.73. The van der Waals surface area contributed by atoms with Crippen LogP contribution < -0.4 is 15.4 Å². The van der Waals surface area contributed by atoms with Gasteiger partial charge in [-0.15, -0.1) is 0 Å². The number of carbonyl (C=O) groups excluding carboxylic acids is 1. The van der Waals surface area contributed by atoms with E-state index in [1.807, 2.05) is 24.3 Å². The molecule has 21 heavy (non-hydrogen) atoms. The fraction of sp³-hybridized carbons (Fsp3) is 0.588. The molecule has 4 heteroatoms. The van der Waals surface area contributed by atoms with Crippen LogP contribution in [0.1, 0.15) is 31.7 Å². The molecule has 1 saturated heterocycles. The molecular weight excluding hydrogens is 264 g/mol. The summed E-state index contributed by atoms with van der Waals surface area (Å²) in [5.41, 5.74) is 1.21. The van der Waals surface area contributed by atoms with E-state index in [2.05, 4.69) is 17.6 Å². The van der Waals surface area contributed by atoms with Gasteiger partial charge >= 0.3 is 0 Å².